The van der Waals surface area contributed by atoms with E-state index in [0.717, 1.165) is 65.3 Å². The molecule has 0 aromatic heterocycles. The molecule has 2 fully saturated rings. The number of hydrogen-bond donors (Lipinski definition) is 1. The van der Waals surface area contributed by atoms with Crippen molar-refractivity contribution in [1.29, 1.82) is 0 Å². The van der Waals surface area contributed by atoms with E-state index in [2.05, 4.69) is 10.2 Å². The van der Waals surface area contributed by atoms with Gasteiger partial charge in [-0.3, -0.25) is 4.90 Å². The van der Waals surface area contributed by atoms with Crippen LogP contribution >= 0.6 is 0 Å². The van der Waals surface area contributed by atoms with Gasteiger partial charge < -0.3 is 19.7 Å². The number of nitrogens with one attached hydrogen (secondary N) is 1. The highest BCUT2D eigenvalue weighted by Gasteiger charge is 2.25. The molecule has 1 amide bonds. The van der Waals surface area contributed by atoms with E-state index in [-0.39, 0.29) is 6.09 Å². The van der Waals surface area contributed by atoms with Crippen molar-refractivity contribution in [2.45, 2.75) is 51.7 Å². The summed E-state index contributed by atoms with van der Waals surface area (Å²) in [6.45, 7) is 12.9. The van der Waals surface area contributed by atoms with Gasteiger partial charge in [0.1, 0.15) is 5.60 Å². The van der Waals surface area contributed by atoms with Crippen LogP contribution in [-0.2, 0) is 9.47 Å². The van der Waals surface area contributed by atoms with Gasteiger partial charge in [-0.15, -0.1) is 0 Å². The maximum Gasteiger partial charge on any atom is 0.410 e. The lowest BCUT2D eigenvalue weighted by atomic mass is 10.1. The second-order valence-corrected chi connectivity index (χ2v) is 7.50. The van der Waals surface area contributed by atoms with E-state index in [4.69, 9.17) is 9.47 Å². The zero-order valence-electron chi connectivity index (χ0n) is 15.0. The fraction of sp³-hybridized carbons (Fsp3) is 0.941. The van der Waals surface area contributed by atoms with Crippen molar-refractivity contribution < 1.29 is 14.3 Å². The van der Waals surface area contributed by atoms with Crippen LogP contribution in [0.4, 0.5) is 4.79 Å². The van der Waals surface area contributed by atoms with E-state index in [9.17, 15) is 4.79 Å². The third kappa shape index (κ3) is 7.06. The predicted octanol–water partition coefficient (Wildman–Crippen LogP) is 1.70. The largest absolute Gasteiger partial charge is 0.444 e. The van der Waals surface area contributed by atoms with Crippen LogP contribution in [0.5, 0.6) is 0 Å². The summed E-state index contributed by atoms with van der Waals surface area (Å²) in [5.41, 5.74) is -0.416. The molecule has 2 saturated heterocycles. The van der Waals surface area contributed by atoms with E-state index in [0.29, 0.717) is 6.04 Å². The summed E-state index contributed by atoms with van der Waals surface area (Å²) >= 11 is 0. The van der Waals surface area contributed by atoms with Crippen LogP contribution in [-0.4, -0.2) is 80.0 Å². The number of carbonyl (C=O) groups is 1. The summed E-state index contributed by atoms with van der Waals surface area (Å²) in [4.78, 5) is 16.3. The molecule has 1 N–H and O–H groups in total. The van der Waals surface area contributed by atoms with Gasteiger partial charge in [0.2, 0.25) is 0 Å². The summed E-state index contributed by atoms with van der Waals surface area (Å²) in [7, 11) is 0. The van der Waals surface area contributed by atoms with Crippen LogP contribution in [0.15, 0.2) is 0 Å². The van der Waals surface area contributed by atoms with Crippen LogP contribution in [0.1, 0.15) is 40.0 Å². The van der Waals surface area contributed by atoms with E-state index in [1.807, 2.05) is 25.7 Å². The van der Waals surface area contributed by atoms with Crippen LogP contribution < -0.4 is 5.32 Å². The number of hydrogen-bond acceptors (Lipinski definition) is 5. The molecule has 6 nitrogen and oxygen atoms in total. The Morgan fingerprint density at radius 3 is 2.61 bits per heavy atom. The van der Waals surface area contributed by atoms with Crippen molar-refractivity contribution in [3.8, 4) is 0 Å². The molecule has 2 aliphatic heterocycles. The Bertz CT molecular complexity index is 355. The van der Waals surface area contributed by atoms with E-state index in [1.165, 1.54) is 6.42 Å². The monoisotopic (exact) mass is 327 g/mol. The summed E-state index contributed by atoms with van der Waals surface area (Å²) in [6.07, 6.45) is 3.30. The topological polar surface area (TPSA) is 54.0 Å². The zero-order valence-corrected chi connectivity index (χ0v) is 15.0. The minimum absolute atomic E-state index is 0.186. The predicted molar refractivity (Wildman–Crippen MR) is 90.7 cm³/mol. The third-order valence-electron chi connectivity index (χ3n) is 4.34. The lowest BCUT2D eigenvalue weighted by molar-refractivity contribution is 0.0146. The lowest BCUT2D eigenvalue weighted by Crippen LogP contribution is -2.51. The Kier molecular flexibility index (Phi) is 7.11. The first-order chi connectivity index (χ1) is 10.9. The second-order valence-electron chi connectivity index (χ2n) is 7.50. The second kappa shape index (κ2) is 8.85. The van der Waals surface area contributed by atoms with Crippen molar-refractivity contribution in [2.75, 3.05) is 52.5 Å². The quantitative estimate of drug-likeness (QED) is 0.852. The fourth-order valence-electron chi connectivity index (χ4n) is 3.02. The molecule has 0 saturated carbocycles. The van der Waals surface area contributed by atoms with Crippen LogP contribution in [0.2, 0.25) is 0 Å². The maximum absolute atomic E-state index is 12.0. The molecule has 0 radical (unpaired) electrons. The Labute approximate surface area is 140 Å². The van der Waals surface area contributed by atoms with Crippen LogP contribution in [0.3, 0.4) is 0 Å². The average molecular weight is 327 g/mol. The van der Waals surface area contributed by atoms with E-state index >= 15 is 0 Å². The molecule has 0 spiro atoms. The molecule has 23 heavy (non-hydrogen) atoms. The molecular weight excluding hydrogens is 294 g/mol. The average Bonchev–Trinajstić information content (AvgIpc) is 2.75. The Morgan fingerprint density at radius 2 is 1.91 bits per heavy atom. The first kappa shape index (κ1) is 18.5. The van der Waals surface area contributed by atoms with Gasteiger partial charge in [0.15, 0.2) is 0 Å². The highest BCUT2D eigenvalue weighted by atomic mass is 16.6. The van der Waals surface area contributed by atoms with E-state index < -0.39 is 5.60 Å². The number of carbonyl (C=O) groups excluding carboxylic acids is 1. The van der Waals surface area contributed by atoms with Crippen molar-refractivity contribution in [3.05, 3.63) is 0 Å². The Hall–Kier alpha value is -0.850. The van der Waals surface area contributed by atoms with Gasteiger partial charge in [-0.2, -0.15) is 0 Å². The van der Waals surface area contributed by atoms with Crippen LogP contribution in [0.25, 0.3) is 0 Å². The molecular formula is C17H33N3O3. The molecule has 2 aliphatic rings. The van der Waals surface area contributed by atoms with Crippen molar-refractivity contribution in [2.24, 2.45) is 0 Å². The van der Waals surface area contributed by atoms with Gasteiger partial charge in [0, 0.05) is 58.5 Å². The molecule has 0 aliphatic carbocycles. The van der Waals surface area contributed by atoms with E-state index in [1.54, 1.807) is 0 Å². The number of ether oxygens (including phenoxy) is 2. The Balaban J connectivity index is 1.60. The first-order valence-corrected chi connectivity index (χ1v) is 8.95. The molecule has 2 rings (SSSR count). The minimum Gasteiger partial charge on any atom is -0.444 e. The highest BCUT2D eigenvalue weighted by Crippen LogP contribution is 2.12. The van der Waals surface area contributed by atoms with Crippen molar-refractivity contribution >= 4 is 6.09 Å². The molecule has 0 bridgehead atoms. The molecule has 1 atom stereocenters. The fourth-order valence-corrected chi connectivity index (χ4v) is 3.02. The lowest BCUT2D eigenvalue weighted by Gasteiger charge is -2.35. The van der Waals surface area contributed by atoms with Gasteiger partial charge in [-0.25, -0.2) is 4.79 Å². The minimum atomic E-state index is -0.416. The molecule has 6 heteroatoms. The first-order valence-electron chi connectivity index (χ1n) is 8.95. The van der Waals surface area contributed by atoms with Gasteiger partial charge in [-0.05, 0) is 40.0 Å². The maximum atomic E-state index is 12.0. The summed E-state index contributed by atoms with van der Waals surface area (Å²) in [5.74, 6) is 0. The number of rotatable bonds is 4. The summed E-state index contributed by atoms with van der Waals surface area (Å²) in [6, 6.07) is 0.598. The molecule has 0 aromatic carbocycles. The van der Waals surface area contributed by atoms with Gasteiger partial charge in [0.25, 0.3) is 0 Å². The standard InChI is InChI=1S/C17H33N3O3/c1-17(2,3)23-16(21)20-11-9-19(10-12-20)8-7-18-15-5-4-13-22-14-6-15/h15,18H,4-14H2,1-3H3. The molecule has 2 heterocycles. The number of nitrogens with zero attached hydrogens (tertiary/aromatic N) is 2. The molecule has 134 valence electrons. The van der Waals surface area contributed by atoms with Crippen LogP contribution in [0, 0.1) is 0 Å². The van der Waals surface area contributed by atoms with Gasteiger partial charge in [-0.1, -0.05) is 0 Å². The number of piperazine rings is 1. The Morgan fingerprint density at radius 1 is 1.17 bits per heavy atom. The summed E-state index contributed by atoms with van der Waals surface area (Å²) < 4.78 is 10.9. The third-order valence-corrected chi connectivity index (χ3v) is 4.34. The molecule has 1 unspecified atom stereocenters. The van der Waals surface area contributed by atoms with Gasteiger partial charge in [0.05, 0.1) is 0 Å². The molecule has 0 aromatic rings. The SMILES string of the molecule is CC(C)(C)OC(=O)N1CCN(CCNC2CCCOCC2)CC1. The van der Waals surface area contributed by atoms with Crippen molar-refractivity contribution in [3.63, 3.8) is 0 Å². The smallest absolute Gasteiger partial charge is 0.410 e. The highest BCUT2D eigenvalue weighted by molar-refractivity contribution is 5.68. The number of amides is 1. The summed E-state index contributed by atoms with van der Waals surface area (Å²) in [5, 5.41) is 3.65. The van der Waals surface area contributed by atoms with Gasteiger partial charge >= 0.3 is 6.09 Å². The zero-order chi connectivity index (χ0) is 16.7. The van der Waals surface area contributed by atoms with Crippen molar-refractivity contribution in [1.82, 2.24) is 15.1 Å². The normalized spacial score (nSPS) is 24.3.